The lowest BCUT2D eigenvalue weighted by atomic mass is 10.0. The average molecular weight is 257 g/mol. The fraction of sp³-hybridized carbons (Fsp3) is 0. The van der Waals surface area contributed by atoms with Gasteiger partial charge in [0.1, 0.15) is 5.75 Å². The van der Waals surface area contributed by atoms with Crippen LogP contribution in [0.1, 0.15) is 0 Å². The number of ether oxygens (including phenoxy) is 1. The van der Waals surface area contributed by atoms with Crippen molar-refractivity contribution >= 4 is 38.6 Å². The van der Waals surface area contributed by atoms with Gasteiger partial charge in [0.15, 0.2) is 0 Å². The quantitative estimate of drug-likeness (QED) is 0.465. The molecule has 0 aromatic heterocycles. The summed E-state index contributed by atoms with van der Waals surface area (Å²) in [4.78, 5) is 10.9. The summed E-state index contributed by atoms with van der Waals surface area (Å²) in [6.07, 6.45) is 0. The monoisotopic (exact) mass is 256 g/mol. The third-order valence-corrected chi connectivity index (χ3v) is 2.97. The lowest BCUT2D eigenvalue weighted by Gasteiger charge is -2.07. The molecule has 2 nitrogen and oxygen atoms in total. The van der Waals surface area contributed by atoms with Gasteiger partial charge in [0.25, 0.3) is 0 Å². The molecule has 0 saturated carbocycles. The summed E-state index contributed by atoms with van der Waals surface area (Å²) in [7, 11) is 0. The number of carbonyl (C=O) groups excluding carboxylic acids is 1. The minimum atomic E-state index is -0.823. The highest BCUT2D eigenvalue weighted by atomic mass is 35.5. The first-order valence-electron chi connectivity index (χ1n) is 5.53. The van der Waals surface area contributed by atoms with Crippen molar-refractivity contribution in [2.24, 2.45) is 0 Å². The molecule has 0 bridgehead atoms. The number of halogens is 1. The van der Waals surface area contributed by atoms with Crippen LogP contribution in [0.5, 0.6) is 5.75 Å². The Morgan fingerprint density at radius 3 is 2.28 bits per heavy atom. The highest BCUT2D eigenvalue weighted by Crippen LogP contribution is 2.30. The Morgan fingerprint density at radius 1 is 0.889 bits per heavy atom. The Labute approximate surface area is 109 Å². The molecule has 3 rings (SSSR count). The van der Waals surface area contributed by atoms with E-state index in [1.807, 2.05) is 36.4 Å². The van der Waals surface area contributed by atoms with Crippen molar-refractivity contribution in [3.63, 3.8) is 0 Å². The third kappa shape index (κ3) is 1.91. The number of fused-ring (bicyclic) bond motifs is 2. The predicted molar refractivity (Wildman–Crippen MR) is 73.3 cm³/mol. The van der Waals surface area contributed by atoms with Gasteiger partial charge in [0.2, 0.25) is 0 Å². The molecule has 0 aliphatic rings. The average Bonchev–Trinajstić information content (AvgIpc) is 2.36. The Hall–Kier alpha value is -2.06. The molecule has 0 amide bonds. The smallest absolute Gasteiger partial charge is 0.409 e. The molecule has 18 heavy (non-hydrogen) atoms. The zero-order valence-electron chi connectivity index (χ0n) is 9.39. The zero-order chi connectivity index (χ0) is 12.5. The normalized spacial score (nSPS) is 10.7. The van der Waals surface area contributed by atoms with Gasteiger partial charge in [-0.05, 0) is 34.4 Å². The van der Waals surface area contributed by atoms with Crippen molar-refractivity contribution in [3.05, 3.63) is 54.6 Å². The summed E-state index contributed by atoms with van der Waals surface area (Å²) in [5.41, 5.74) is -0.823. The van der Waals surface area contributed by atoms with Gasteiger partial charge in [0, 0.05) is 17.0 Å². The van der Waals surface area contributed by atoms with Crippen LogP contribution in [0.25, 0.3) is 21.5 Å². The van der Waals surface area contributed by atoms with Crippen molar-refractivity contribution in [1.29, 1.82) is 0 Å². The van der Waals surface area contributed by atoms with E-state index in [0.717, 1.165) is 21.5 Å². The van der Waals surface area contributed by atoms with E-state index in [-0.39, 0.29) is 0 Å². The van der Waals surface area contributed by atoms with E-state index in [4.69, 9.17) is 16.3 Å². The topological polar surface area (TPSA) is 26.3 Å². The summed E-state index contributed by atoms with van der Waals surface area (Å²) in [5, 5.41) is 4.15. The van der Waals surface area contributed by atoms with Gasteiger partial charge in [-0.3, -0.25) is 0 Å². The van der Waals surface area contributed by atoms with Gasteiger partial charge in [-0.1, -0.05) is 36.4 Å². The van der Waals surface area contributed by atoms with Gasteiger partial charge in [-0.25, -0.2) is 4.79 Å². The number of carbonyl (C=O) groups is 1. The van der Waals surface area contributed by atoms with Crippen molar-refractivity contribution in [3.8, 4) is 5.75 Å². The maximum atomic E-state index is 10.9. The van der Waals surface area contributed by atoms with Gasteiger partial charge >= 0.3 is 5.43 Å². The Bertz CT molecular complexity index is 750. The lowest BCUT2D eigenvalue weighted by Crippen LogP contribution is -1.96. The summed E-state index contributed by atoms with van der Waals surface area (Å²) >= 11 is 5.27. The Balaban J connectivity index is 2.32. The van der Waals surface area contributed by atoms with Gasteiger partial charge in [0.05, 0.1) is 0 Å². The Morgan fingerprint density at radius 2 is 1.56 bits per heavy atom. The largest absolute Gasteiger partial charge is 0.414 e. The summed E-state index contributed by atoms with van der Waals surface area (Å²) < 4.78 is 5.00. The van der Waals surface area contributed by atoms with E-state index in [9.17, 15) is 4.79 Å². The van der Waals surface area contributed by atoms with Crippen LogP contribution in [0.15, 0.2) is 54.6 Å². The van der Waals surface area contributed by atoms with E-state index in [0.29, 0.717) is 5.75 Å². The number of benzene rings is 3. The van der Waals surface area contributed by atoms with E-state index in [2.05, 4.69) is 12.1 Å². The zero-order valence-corrected chi connectivity index (χ0v) is 10.1. The highest BCUT2D eigenvalue weighted by molar-refractivity contribution is 6.61. The molecule has 0 heterocycles. The SMILES string of the molecule is O=C(Cl)Oc1cccc2cc3ccccc3cc12. The molecule has 0 radical (unpaired) electrons. The van der Waals surface area contributed by atoms with Crippen molar-refractivity contribution in [2.75, 3.05) is 0 Å². The number of rotatable bonds is 1. The molecule has 3 aromatic carbocycles. The maximum absolute atomic E-state index is 10.9. The second-order valence-corrected chi connectivity index (χ2v) is 4.32. The first kappa shape index (κ1) is 11.1. The molecule has 0 saturated heterocycles. The molecular formula is C15H9ClO2. The van der Waals surface area contributed by atoms with Crippen LogP contribution in [0.4, 0.5) is 4.79 Å². The van der Waals surface area contributed by atoms with Crippen molar-refractivity contribution < 1.29 is 9.53 Å². The fourth-order valence-corrected chi connectivity index (χ4v) is 2.20. The molecule has 0 spiro atoms. The predicted octanol–water partition coefficient (Wildman–Crippen LogP) is 4.73. The van der Waals surface area contributed by atoms with Crippen LogP contribution in [0.3, 0.4) is 0 Å². The summed E-state index contributed by atoms with van der Waals surface area (Å²) in [6.45, 7) is 0. The molecule has 0 atom stereocenters. The molecule has 3 aromatic rings. The molecule has 0 fully saturated rings. The lowest BCUT2D eigenvalue weighted by molar-refractivity contribution is 0.226. The van der Waals surface area contributed by atoms with Crippen LogP contribution in [-0.4, -0.2) is 5.43 Å². The molecule has 0 aliphatic carbocycles. The van der Waals surface area contributed by atoms with E-state index in [1.165, 1.54) is 0 Å². The molecule has 0 N–H and O–H groups in total. The standard InChI is InChI=1S/C15H9ClO2/c16-15(17)18-14-7-3-6-12-8-10-4-1-2-5-11(10)9-13(12)14/h1-9H. The van der Waals surface area contributed by atoms with Crippen molar-refractivity contribution in [1.82, 2.24) is 0 Å². The van der Waals surface area contributed by atoms with Crippen LogP contribution in [0.2, 0.25) is 0 Å². The molecular weight excluding hydrogens is 248 g/mol. The number of hydrogen-bond acceptors (Lipinski definition) is 2. The minimum Gasteiger partial charge on any atom is -0.414 e. The fourth-order valence-electron chi connectivity index (χ4n) is 2.11. The van der Waals surface area contributed by atoms with Crippen LogP contribution in [0, 0.1) is 0 Å². The van der Waals surface area contributed by atoms with Crippen LogP contribution < -0.4 is 4.74 Å². The van der Waals surface area contributed by atoms with E-state index >= 15 is 0 Å². The number of hydrogen-bond donors (Lipinski definition) is 0. The second kappa shape index (κ2) is 4.31. The molecule has 88 valence electrons. The van der Waals surface area contributed by atoms with Crippen molar-refractivity contribution in [2.45, 2.75) is 0 Å². The summed E-state index contributed by atoms with van der Waals surface area (Å²) in [5.74, 6) is 0.484. The second-order valence-electron chi connectivity index (χ2n) is 4.02. The van der Waals surface area contributed by atoms with Gasteiger partial charge in [-0.2, -0.15) is 0 Å². The maximum Gasteiger partial charge on any atom is 0.409 e. The molecule has 0 aliphatic heterocycles. The summed E-state index contributed by atoms with van der Waals surface area (Å²) in [6, 6.07) is 17.7. The minimum absolute atomic E-state index is 0.484. The van der Waals surface area contributed by atoms with Crippen LogP contribution in [-0.2, 0) is 0 Å². The highest BCUT2D eigenvalue weighted by Gasteiger charge is 2.06. The first-order valence-corrected chi connectivity index (χ1v) is 5.91. The first-order chi connectivity index (χ1) is 8.74. The van der Waals surface area contributed by atoms with Gasteiger partial charge < -0.3 is 4.74 Å². The third-order valence-electron chi connectivity index (χ3n) is 2.90. The van der Waals surface area contributed by atoms with Gasteiger partial charge in [-0.15, -0.1) is 0 Å². The molecule has 3 heteroatoms. The van der Waals surface area contributed by atoms with E-state index in [1.54, 1.807) is 6.07 Å². The van der Waals surface area contributed by atoms with E-state index < -0.39 is 5.43 Å². The molecule has 0 unspecified atom stereocenters. The van der Waals surface area contributed by atoms with Crippen LogP contribution >= 0.6 is 11.6 Å². The Kier molecular flexibility index (Phi) is 2.65.